The summed E-state index contributed by atoms with van der Waals surface area (Å²) in [6.45, 7) is 3.46. The van der Waals surface area contributed by atoms with E-state index in [9.17, 15) is 4.79 Å². The van der Waals surface area contributed by atoms with Crippen LogP contribution in [0, 0.1) is 12.8 Å². The van der Waals surface area contributed by atoms with E-state index in [2.05, 4.69) is 35.5 Å². The molecule has 0 saturated carbocycles. The van der Waals surface area contributed by atoms with Gasteiger partial charge in [0.15, 0.2) is 11.6 Å². The van der Waals surface area contributed by atoms with Gasteiger partial charge in [0, 0.05) is 25.2 Å². The van der Waals surface area contributed by atoms with Crippen LogP contribution in [0.3, 0.4) is 0 Å². The molecule has 0 unspecified atom stereocenters. The maximum atomic E-state index is 12.5. The van der Waals surface area contributed by atoms with Crippen LogP contribution in [-0.2, 0) is 4.79 Å². The lowest BCUT2D eigenvalue weighted by Gasteiger charge is -2.31. The van der Waals surface area contributed by atoms with Crippen molar-refractivity contribution in [1.29, 1.82) is 0 Å². The summed E-state index contributed by atoms with van der Waals surface area (Å²) in [6.07, 6.45) is 6.26. The molecule has 3 aromatic rings. The fourth-order valence-corrected chi connectivity index (χ4v) is 3.14. The second-order valence-corrected chi connectivity index (χ2v) is 6.51. The number of pyridine rings is 1. The zero-order valence-electron chi connectivity index (χ0n) is 15.0. The molecule has 0 atom stereocenters. The maximum absolute atomic E-state index is 12.5. The van der Waals surface area contributed by atoms with Crippen molar-refractivity contribution < 1.29 is 4.79 Å². The van der Waals surface area contributed by atoms with Crippen LogP contribution in [0.25, 0.3) is 5.82 Å². The molecule has 3 aromatic heterocycles. The van der Waals surface area contributed by atoms with Gasteiger partial charge in [0.2, 0.25) is 5.91 Å². The molecule has 1 N–H and O–H groups in total. The molecule has 1 saturated heterocycles. The molecule has 0 radical (unpaired) electrons. The quantitative estimate of drug-likeness (QED) is 0.750. The molecule has 1 aliphatic rings. The number of carbonyl (C=O) groups is 1. The van der Waals surface area contributed by atoms with Crippen LogP contribution in [0.2, 0.25) is 0 Å². The van der Waals surface area contributed by atoms with Gasteiger partial charge < -0.3 is 10.2 Å². The number of aryl methyl sites for hydroxylation is 1. The summed E-state index contributed by atoms with van der Waals surface area (Å²) in [5.41, 5.74) is 0.964. The van der Waals surface area contributed by atoms with Gasteiger partial charge in [-0.3, -0.25) is 4.79 Å². The Balaban J connectivity index is 1.34. The number of piperidine rings is 1. The van der Waals surface area contributed by atoms with Crippen LogP contribution in [0.4, 0.5) is 11.6 Å². The molecule has 0 bridgehead atoms. The van der Waals surface area contributed by atoms with E-state index in [0.717, 1.165) is 37.3 Å². The van der Waals surface area contributed by atoms with Crippen molar-refractivity contribution in [3.8, 4) is 5.82 Å². The number of hydrogen-bond donors (Lipinski definition) is 1. The predicted octanol–water partition coefficient (Wildman–Crippen LogP) is 1.62. The number of anilines is 2. The van der Waals surface area contributed by atoms with E-state index in [1.807, 2.05) is 31.2 Å². The first-order chi connectivity index (χ1) is 13.2. The first kappa shape index (κ1) is 17.1. The molecule has 1 fully saturated rings. The number of nitrogens with zero attached hydrogens (tertiary/aromatic N) is 7. The highest BCUT2D eigenvalue weighted by molar-refractivity contribution is 5.92. The minimum absolute atomic E-state index is 0.0231. The molecule has 4 rings (SSSR count). The molecule has 0 aromatic carbocycles. The molecule has 1 amide bonds. The van der Waals surface area contributed by atoms with Gasteiger partial charge in [-0.05, 0) is 43.5 Å². The van der Waals surface area contributed by atoms with Gasteiger partial charge in [0.1, 0.15) is 18.5 Å². The Morgan fingerprint density at radius 1 is 1.15 bits per heavy atom. The van der Waals surface area contributed by atoms with Gasteiger partial charge in [0.05, 0.1) is 0 Å². The molecule has 9 nitrogen and oxygen atoms in total. The third-order valence-corrected chi connectivity index (χ3v) is 4.73. The van der Waals surface area contributed by atoms with E-state index in [1.54, 1.807) is 17.2 Å². The van der Waals surface area contributed by atoms with Gasteiger partial charge >= 0.3 is 0 Å². The molecular weight excluding hydrogens is 344 g/mol. The van der Waals surface area contributed by atoms with Crippen LogP contribution in [-0.4, -0.2) is 48.9 Å². The zero-order valence-corrected chi connectivity index (χ0v) is 15.0. The number of amides is 1. The number of hydrogen-bond acceptors (Lipinski definition) is 7. The largest absolute Gasteiger partial charge is 0.355 e. The fourth-order valence-electron chi connectivity index (χ4n) is 3.14. The molecule has 138 valence electrons. The second-order valence-electron chi connectivity index (χ2n) is 6.51. The lowest BCUT2D eigenvalue weighted by molar-refractivity contribution is -0.120. The summed E-state index contributed by atoms with van der Waals surface area (Å²) < 4.78 is 1.56. The molecular formula is C18H20N8O. The van der Waals surface area contributed by atoms with Crippen LogP contribution in [0.15, 0.2) is 43.1 Å². The van der Waals surface area contributed by atoms with Crippen LogP contribution < -0.4 is 10.2 Å². The lowest BCUT2D eigenvalue weighted by Crippen LogP contribution is -2.38. The molecule has 27 heavy (non-hydrogen) atoms. The number of nitrogens with one attached hydrogen (secondary N) is 1. The molecule has 0 aliphatic carbocycles. The van der Waals surface area contributed by atoms with Gasteiger partial charge in [-0.1, -0.05) is 6.07 Å². The zero-order chi connectivity index (χ0) is 18.6. The lowest BCUT2D eigenvalue weighted by atomic mass is 9.96. The smallest absolute Gasteiger partial charge is 0.228 e. The minimum atomic E-state index is -0.0231. The van der Waals surface area contributed by atoms with Crippen molar-refractivity contribution in [1.82, 2.24) is 29.9 Å². The first-order valence-electron chi connectivity index (χ1n) is 8.87. The summed E-state index contributed by atoms with van der Waals surface area (Å²) in [5, 5.41) is 15.5. The number of rotatable bonds is 4. The van der Waals surface area contributed by atoms with Crippen LogP contribution >= 0.6 is 0 Å². The van der Waals surface area contributed by atoms with Crippen molar-refractivity contribution in [3.63, 3.8) is 0 Å². The molecule has 9 heteroatoms. The van der Waals surface area contributed by atoms with Gasteiger partial charge in [-0.15, -0.1) is 10.2 Å². The summed E-state index contributed by atoms with van der Waals surface area (Å²) in [5.74, 6) is 2.07. The maximum Gasteiger partial charge on any atom is 0.228 e. The summed E-state index contributed by atoms with van der Waals surface area (Å²) in [7, 11) is 0. The van der Waals surface area contributed by atoms with Gasteiger partial charge in [-0.25, -0.2) is 14.6 Å². The summed E-state index contributed by atoms with van der Waals surface area (Å²) in [4.78, 5) is 22.8. The van der Waals surface area contributed by atoms with Crippen molar-refractivity contribution in [3.05, 3.63) is 48.7 Å². The average Bonchev–Trinajstić information content (AvgIpc) is 3.25. The topological polar surface area (TPSA) is 102 Å². The Hall–Kier alpha value is -3.36. The Morgan fingerprint density at radius 3 is 2.59 bits per heavy atom. The third-order valence-electron chi connectivity index (χ3n) is 4.73. The van der Waals surface area contributed by atoms with Gasteiger partial charge in [0.25, 0.3) is 0 Å². The second kappa shape index (κ2) is 7.48. The highest BCUT2D eigenvalue weighted by atomic mass is 16.2. The average molecular weight is 364 g/mol. The minimum Gasteiger partial charge on any atom is -0.355 e. The van der Waals surface area contributed by atoms with E-state index < -0.39 is 0 Å². The number of aromatic nitrogens is 6. The standard InChI is InChI=1S/C18H20N8O/c1-13-3-2-8-20-17(13)22-18(27)14-6-9-25(10-7-14)15-4-5-16(24-23-15)26-12-19-11-21-26/h2-5,8,11-12,14H,6-7,9-10H2,1H3,(H,20,22,27). The highest BCUT2D eigenvalue weighted by Gasteiger charge is 2.26. The normalized spacial score (nSPS) is 14.9. The van der Waals surface area contributed by atoms with E-state index in [1.165, 1.54) is 6.33 Å². The molecule has 4 heterocycles. The van der Waals surface area contributed by atoms with Crippen molar-refractivity contribution in [2.45, 2.75) is 19.8 Å². The predicted molar refractivity (Wildman–Crippen MR) is 99.5 cm³/mol. The van der Waals surface area contributed by atoms with E-state index in [-0.39, 0.29) is 11.8 Å². The third kappa shape index (κ3) is 3.76. The van der Waals surface area contributed by atoms with E-state index in [0.29, 0.717) is 11.6 Å². The van der Waals surface area contributed by atoms with E-state index in [4.69, 9.17) is 0 Å². The highest BCUT2D eigenvalue weighted by Crippen LogP contribution is 2.23. The Labute approximate surface area is 156 Å². The fraction of sp³-hybridized carbons (Fsp3) is 0.333. The Morgan fingerprint density at radius 2 is 1.93 bits per heavy atom. The molecule has 0 spiro atoms. The van der Waals surface area contributed by atoms with Crippen LogP contribution in [0.1, 0.15) is 18.4 Å². The monoisotopic (exact) mass is 364 g/mol. The van der Waals surface area contributed by atoms with Crippen LogP contribution in [0.5, 0.6) is 0 Å². The van der Waals surface area contributed by atoms with Crippen molar-refractivity contribution in [2.75, 3.05) is 23.3 Å². The Bertz CT molecular complexity index is 901. The van der Waals surface area contributed by atoms with Crippen molar-refractivity contribution in [2.24, 2.45) is 5.92 Å². The van der Waals surface area contributed by atoms with E-state index >= 15 is 0 Å². The first-order valence-corrected chi connectivity index (χ1v) is 8.87. The van der Waals surface area contributed by atoms with Gasteiger partial charge in [-0.2, -0.15) is 5.10 Å². The summed E-state index contributed by atoms with van der Waals surface area (Å²) >= 11 is 0. The van der Waals surface area contributed by atoms with Crippen molar-refractivity contribution >= 4 is 17.5 Å². The Kier molecular flexibility index (Phi) is 4.73. The SMILES string of the molecule is Cc1cccnc1NC(=O)C1CCN(c2ccc(-n3cncn3)nn2)CC1. The number of carbonyl (C=O) groups excluding carboxylic acids is 1. The molecule has 1 aliphatic heterocycles. The summed E-state index contributed by atoms with van der Waals surface area (Å²) in [6, 6.07) is 7.58.